The quantitative estimate of drug-likeness (QED) is 0.304. The summed E-state index contributed by atoms with van der Waals surface area (Å²) in [4.78, 5) is 33.3. The Balaban J connectivity index is 1.38. The van der Waals surface area contributed by atoms with E-state index in [1.807, 2.05) is 0 Å². The molecular formula is C26H21F4N5O5. The van der Waals surface area contributed by atoms with Crippen LogP contribution in [0.25, 0.3) is 22.3 Å². The molecule has 1 fully saturated rings. The molecule has 2 amide bonds. The number of rotatable bonds is 8. The molecule has 1 aliphatic carbocycles. The van der Waals surface area contributed by atoms with Gasteiger partial charge >= 0.3 is 6.18 Å². The molecule has 0 saturated heterocycles. The maximum absolute atomic E-state index is 15.1. The normalized spacial score (nSPS) is 14.2. The highest BCUT2D eigenvalue weighted by molar-refractivity contribution is 5.99. The molecule has 10 nitrogen and oxygen atoms in total. The van der Waals surface area contributed by atoms with Crippen molar-refractivity contribution >= 4 is 28.7 Å². The number of methoxy groups -OCH3 is 2. The number of hydrogen-bond acceptors (Lipinski definition) is 8. The second-order valence-corrected chi connectivity index (χ2v) is 9.17. The minimum absolute atomic E-state index is 0.0101. The van der Waals surface area contributed by atoms with Gasteiger partial charge < -0.3 is 25.0 Å². The number of nitrogens with two attached hydrogens (primary N) is 1. The lowest BCUT2D eigenvalue weighted by Crippen LogP contribution is -2.28. The van der Waals surface area contributed by atoms with E-state index in [0.29, 0.717) is 22.5 Å². The highest BCUT2D eigenvalue weighted by Crippen LogP contribution is 2.59. The van der Waals surface area contributed by atoms with Gasteiger partial charge in [-0.25, -0.2) is 14.4 Å². The number of aromatic nitrogens is 3. The molecule has 0 radical (unpaired) electrons. The Labute approximate surface area is 223 Å². The average Bonchev–Trinajstić information content (AvgIpc) is 3.61. The molecule has 0 unspecified atom stereocenters. The number of hydrogen-bond donors (Lipinski definition) is 2. The molecule has 0 bridgehead atoms. The van der Waals surface area contributed by atoms with Crippen LogP contribution >= 0.6 is 0 Å². The zero-order chi connectivity index (χ0) is 28.8. The highest BCUT2D eigenvalue weighted by Gasteiger charge is 2.66. The molecule has 5 rings (SSSR count). The Morgan fingerprint density at radius 1 is 1.05 bits per heavy atom. The van der Waals surface area contributed by atoms with Gasteiger partial charge in [0.15, 0.2) is 28.8 Å². The van der Waals surface area contributed by atoms with Crippen LogP contribution in [0, 0.1) is 5.82 Å². The number of carbonyl (C=O) groups excluding carboxylic acids is 2. The first kappa shape index (κ1) is 26.8. The Morgan fingerprint density at radius 2 is 1.70 bits per heavy atom. The number of halogens is 4. The maximum atomic E-state index is 15.1. The summed E-state index contributed by atoms with van der Waals surface area (Å²) in [6, 6.07) is 7.90. The fourth-order valence-electron chi connectivity index (χ4n) is 4.31. The topological polar surface area (TPSA) is 142 Å². The van der Waals surface area contributed by atoms with Crippen molar-refractivity contribution in [3.63, 3.8) is 0 Å². The van der Waals surface area contributed by atoms with Crippen LogP contribution in [-0.2, 0) is 16.6 Å². The van der Waals surface area contributed by atoms with E-state index in [-0.39, 0.29) is 46.9 Å². The summed E-state index contributed by atoms with van der Waals surface area (Å²) in [5.41, 5.74) is 3.99. The van der Waals surface area contributed by atoms with Crippen molar-refractivity contribution in [2.75, 3.05) is 19.5 Å². The van der Waals surface area contributed by atoms with E-state index < -0.39 is 35.6 Å². The van der Waals surface area contributed by atoms with Gasteiger partial charge in [0.1, 0.15) is 16.9 Å². The molecule has 3 N–H and O–H groups in total. The summed E-state index contributed by atoms with van der Waals surface area (Å²) in [5.74, 6) is -2.30. The van der Waals surface area contributed by atoms with Gasteiger partial charge in [-0.1, -0.05) is 17.3 Å². The van der Waals surface area contributed by atoms with Crippen molar-refractivity contribution in [3.05, 3.63) is 59.2 Å². The predicted octanol–water partition coefficient (Wildman–Crippen LogP) is 4.32. The zero-order valence-corrected chi connectivity index (χ0v) is 21.1. The number of benzene rings is 2. The number of nitrogens with one attached hydrogen (secondary N) is 1. The summed E-state index contributed by atoms with van der Waals surface area (Å²) in [6.07, 6.45) is -5.21. The van der Waals surface area contributed by atoms with Crippen LogP contribution < -0.4 is 20.5 Å². The molecule has 1 saturated carbocycles. The van der Waals surface area contributed by atoms with Crippen LogP contribution in [-0.4, -0.2) is 47.3 Å². The minimum Gasteiger partial charge on any atom is -0.493 e. The van der Waals surface area contributed by atoms with E-state index in [1.54, 1.807) is 6.07 Å². The van der Waals surface area contributed by atoms with Crippen molar-refractivity contribution in [2.45, 2.75) is 30.9 Å². The second kappa shape index (κ2) is 9.77. The van der Waals surface area contributed by atoms with Crippen LogP contribution in [0.2, 0.25) is 0 Å². The van der Waals surface area contributed by atoms with E-state index in [2.05, 4.69) is 20.4 Å². The number of carbonyl (C=O) groups is 2. The molecular weight excluding hydrogens is 538 g/mol. The number of fused-ring (bicyclic) bond motifs is 1. The monoisotopic (exact) mass is 559 g/mol. The third-order valence-electron chi connectivity index (χ3n) is 6.62. The SMILES string of the molecule is COc1cc2nc(C(N)=O)c(-c3ccc(CC(=O)Nc4cc(C5(C(F)(F)F)CC5)on4)c(F)c3)nc2cc1OC. The van der Waals surface area contributed by atoms with Gasteiger partial charge in [0.2, 0.25) is 5.91 Å². The molecule has 208 valence electrons. The number of primary amides is 1. The van der Waals surface area contributed by atoms with E-state index >= 15 is 4.39 Å². The Morgan fingerprint density at radius 3 is 2.25 bits per heavy atom. The molecule has 40 heavy (non-hydrogen) atoms. The molecule has 2 heterocycles. The summed E-state index contributed by atoms with van der Waals surface area (Å²) in [5, 5.41) is 5.81. The van der Waals surface area contributed by atoms with Crippen LogP contribution in [0.3, 0.4) is 0 Å². The number of nitrogens with zero attached hydrogens (tertiary/aromatic N) is 3. The Kier molecular flexibility index (Phi) is 6.56. The van der Waals surface area contributed by atoms with Gasteiger partial charge in [0.05, 0.1) is 31.7 Å². The van der Waals surface area contributed by atoms with Crippen molar-refractivity contribution in [1.82, 2.24) is 15.1 Å². The van der Waals surface area contributed by atoms with E-state index in [9.17, 15) is 22.8 Å². The Bertz CT molecular complexity index is 1650. The fourth-order valence-corrected chi connectivity index (χ4v) is 4.31. The molecule has 0 spiro atoms. The van der Waals surface area contributed by atoms with Crippen molar-refractivity contribution < 1.29 is 41.1 Å². The van der Waals surface area contributed by atoms with Crippen LogP contribution in [0.1, 0.15) is 34.7 Å². The first-order valence-corrected chi connectivity index (χ1v) is 11.8. The maximum Gasteiger partial charge on any atom is 0.401 e. The van der Waals surface area contributed by atoms with E-state index in [4.69, 9.17) is 19.7 Å². The fraction of sp³-hybridized carbons (Fsp3) is 0.269. The third kappa shape index (κ3) is 4.76. The molecule has 2 aromatic heterocycles. The summed E-state index contributed by atoms with van der Waals surface area (Å²) in [7, 11) is 2.87. The minimum atomic E-state index is -4.50. The van der Waals surface area contributed by atoms with Gasteiger partial charge in [-0.15, -0.1) is 0 Å². The molecule has 1 aliphatic rings. The zero-order valence-electron chi connectivity index (χ0n) is 21.1. The standard InChI is InChI=1S/C26H21F4N5O5/c1-38-17-9-15-16(10-18(17)39-2)33-23(24(31)37)22(32-15)13-4-3-12(14(27)7-13)8-21(36)34-20-11-19(40-35-20)25(5-6-25)26(28,29)30/h3-4,7,9-11H,5-6,8H2,1-2H3,(H2,31,37)(H,34,35,36). The lowest BCUT2D eigenvalue weighted by atomic mass is 10.0. The van der Waals surface area contributed by atoms with Gasteiger partial charge in [-0.05, 0) is 24.5 Å². The number of ether oxygens (including phenoxy) is 2. The van der Waals surface area contributed by atoms with Crippen molar-refractivity contribution in [2.24, 2.45) is 5.73 Å². The summed E-state index contributed by atoms with van der Waals surface area (Å²) >= 11 is 0. The lowest BCUT2D eigenvalue weighted by Gasteiger charge is -2.14. The Hall–Kier alpha value is -4.75. The van der Waals surface area contributed by atoms with Gasteiger partial charge in [0.25, 0.3) is 5.91 Å². The number of amides is 2. The first-order valence-electron chi connectivity index (χ1n) is 11.8. The van der Waals surface area contributed by atoms with Crippen molar-refractivity contribution in [3.8, 4) is 22.8 Å². The van der Waals surface area contributed by atoms with E-state index in [0.717, 1.165) is 12.1 Å². The number of alkyl halides is 3. The van der Waals surface area contributed by atoms with Gasteiger partial charge in [-0.2, -0.15) is 13.2 Å². The first-order chi connectivity index (χ1) is 19.0. The summed E-state index contributed by atoms with van der Waals surface area (Å²) in [6.45, 7) is 0. The number of anilines is 1. The smallest absolute Gasteiger partial charge is 0.401 e. The predicted molar refractivity (Wildman–Crippen MR) is 132 cm³/mol. The summed E-state index contributed by atoms with van der Waals surface area (Å²) < 4.78 is 70.3. The molecule has 0 aliphatic heterocycles. The molecule has 4 aromatic rings. The second-order valence-electron chi connectivity index (χ2n) is 9.17. The van der Waals surface area contributed by atoms with Crippen LogP contribution in [0.15, 0.2) is 40.9 Å². The van der Waals surface area contributed by atoms with Crippen LogP contribution in [0.5, 0.6) is 11.5 Å². The van der Waals surface area contributed by atoms with Gasteiger partial charge in [0, 0.05) is 23.8 Å². The highest BCUT2D eigenvalue weighted by atomic mass is 19.4. The molecule has 0 atom stereocenters. The van der Waals surface area contributed by atoms with E-state index in [1.165, 1.54) is 32.4 Å². The average molecular weight is 559 g/mol. The van der Waals surface area contributed by atoms with Crippen LogP contribution in [0.4, 0.5) is 23.4 Å². The van der Waals surface area contributed by atoms with Crippen molar-refractivity contribution in [1.29, 1.82) is 0 Å². The molecule has 2 aromatic carbocycles. The third-order valence-corrected chi connectivity index (χ3v) is 6.62. The lowest BCUT2D eigenvalue weighted by molar-refractivity contribution is -0.165. The largest absolute Gasteiger partial charge is 0.493 e. The molecule has 14 heteroatoms. The van der Waals surface area contributed by atoms with Gasteiger partial charge in [-0.3, -0.25) is 9.59 Å².